The molecule has 0 radical (unpaired) electrons. The fourth-order valence-corrected chi connectivity index (χ4v) is 3.58. The van der Waals surface area contributed by atoms with Crippen molar-refractivity contribution in [3.8, 4) is 0 Å². The molecule has 2 unspecified atom stereocenters. The van der Waals surface area contributed by atoms with Crippen LogP contribution in [0.1, 0.15) is 32.8 Å². The number of hydrogen-bond donors (Lipinski definition) is 0. The van der Waals surface area contributed by atoms with Crippen molar-refractivity contribution in [2.45, 2.75) is 33.8 Å². The summed E-state index contributed by atoms with van der Waals surface area (Å²) in [6, 6.07) is 4.30. The highest BCUT2D eigenvalue weighted by Gasteiger charge is 2.60. The molecule has 2 atom stereocenters. The summed E-state index contributed by atoms with van der Waals surface area (Å²) in [6.45, 7) is 6.95. The van der Waals surface area contributed by atoms with E-state index in [9.17, 15) is 4.39 Å². The van der Waals surface area contributed by atoms with E-state index in [1.54, 1.807) is 6.07 Å². The highest BCUT2D eigenvalue weighted by Crippen LogP contribution is 2.63. The molecular weight excluding hydrogens is 289 g/mol. The van der Waals surface area contributed by atoms with E-state index in [0.717, 1.165) is 17.7 Å². The Morgan fingerprint density at radius 2 is 2.19 bits per heavy atom. The summed E-state index contributed by atoms with van der Waals surface area (Å²) in [5, 5.41) is 4.67. The molecule has 1 aromatic carbocycles. The molecule has 2 aliphatic carbocycles. The average molecular weight is 308 g/mol. The van der Waals surface area contributed by atoms with Gasteiger partial charge in [-0.15, -0.1) is 0 Å². The van der Waals surface area contributed by atoms with Crippen molar-refractivity contribution in [2.24, 2.45) is 22.4 Å². The molecule has 1 aromatic rings. The summed E-state index contributed by atoms with van der Waals surface area (Å²) in [6.07, 6.45) is 3.28. The van der Waals surface area contributed by atoms with Crippen molar-refractivity contribution in [2.75, 3.05) is 0 Å². The fraction of sp³-hybridized carbons (Fsp3) is 0.471. The number of allylic oxidation sites excluding steroid dienone is 2. The SMILES string of the molecule is CC1=C/C(=N/OCc2ccc(F)cc2Cl)C2C(C1)C2(C)C. The largest absolute Gasteiger partial charge is 0.391 e. The minimum Gasteiger partial charge on any atom is -0.391 e. The third-order valence-electron chi connectivity index (χ3n) is 4.71. The Balaban J connectivity index is 1.70. The van der Waals surface area contributed by atoms with Crippen LogP contribution in [0.3, 0.4) is 0 Å². The van der Waals surface area contributed by atoms with Gasteiger partial charge in [0.15, 0.2) is 0 Å². The Labute approximate surface area is 129 Å². The first kappa shape index (κ1) is 14.6. The Bertz CT molecular complexity index is 636. The number of nitrogens with zero attached hydrogens (tertiary/aromatic N) is 1. The van der Waals surface area contributed by atoms with Gasteiger partial charge in [0.25, 0.3) is 0 Å². The molecule has 2 nitrogen and oxygen atoms in total. The molecule has 0 amide bonds. The Morgan fingerprint density at radius 1 is 1.43 bits per heavy atom. The predicted molar refractivity (Wildman–Crippen MR) is 82.8 cm³/mol. The van der Waals surface area contributed by atoms with E-state index in [1.165, 1.54) is 17.7 Å². The van der Waals surface area contributed by atoms with E-state index < -0.39 is 0 Å². The Kier molecular flexibility index (Phi) is 3.56. The summed E-state index contributed by atoms with van der Waals surface area (Å²) < 4.78 is 13.0. The lowest BCUT2D eigenvalue weighted by atomic mass is 10.00. The second-order valence-corrected chi connectivity index (χ2v) is 7.03. The highest BCUT2D eigenvalue weighted by molar-refractivity contribution is 6.31. The molecule has 0 spiro atoms. The first-order chi connectivity index (χ1) is 9.89. The molecule has 4 heteroatoms. The van der Waals surface area contributed by atoms with Crippen molar-refractivity contribution in [3.05, 3.63) is 46.3 Å². The second kappa shape index (κ2) is 5.13. The predicted octanol–water partition coefficient (Wildman–Crippen LogP) is 4.97. The van der Waals surface area contributed by atoms with E-state index in [1.807, 2.05) is 0 Å². The van der Waals surface area contributed by atoms with Crippen LogP contribution in [-0.4, -0.2) is 5.71 Å². The Morgan fingerprint density at radius 3 is 2.90 bits per heavy atom. The third-order valence-corrected chi connectivity index (χ3v) is 5.06. The van der Waals surface area contributed by atoms with Gasteiger partial charge in [0.05, 0.1) is 10.7 Å². The first-order valence-electron chi connectivity index (χ1n) is 7.20. The molecule has 0 saturated heterocycles. The highest BCUT2D eigenvalue weighted by atomic mass is 35.5. The van der Waals surface area contributed by atoms with Crippen LogP contribution >= 0.6 is 11.6 Å². The van der Waals surface area contributed by atoms with E-state index in [-0.39, 0.29) is 12.4 Å². The van der Waals surface area contributed by atoms with Crippen molar-refractivity contribution < 1.29 is 9.23 Å². The maximum absolute atomic E-state index is 13.0. The van der Waals surface area contributed by atoms with Crippen LogP contribution in [0.15, 0.2) is 35.0 Å². The zero-order chi connectivity index (χ0) is 15.2. The molecule has 3 rings (SSSR count). The number of fused-ring (bicyclic) bond motifs is 1. The number of benzene rings is 1. The third kappa shape index (κ3) is 2.71. The fourth-order valence-electron chi connectivity index (χ4n) is 3.36. The van der Waals surface area contributed by atoms with Gasteiger partial charge in [-0.25, -0.2) is 4.39 Å². The van der Waals surface area contributed by atoms with Gasteiger partial charge in [0.2, 0.25) is 0 Å². The lowest BCUT2D eigenvalue weighted by molar-refractivity contribution is 0.129. The van der Waals surface area contributed by atoms with Crippen LogP contribution in [-0.2, 0) is 11.4 Å². The molecule has 0 N–H and O–H groups in total. The van der Waals surface area contributed by atoms with Crippen molar-refractivity contribution in [1.82, 2.24) is 0 Å². The molecule has 0 aromatic heterocycles. The van der Waals surface area contributed by atoms with Crippen LogP contribution in [0.5, 0.6) is 0 Å². The summed E-state index contributed by atoms with van der Waals surface area (Å²) >= 11 is 5.98. The quantitative estimate of drug-likeness (QED) is 0.722. The summed E-state index contributed by atoms with van der Waals surface area (Å²) in [5.74, 6) is 0.827. The zero-order valence-electron chi connectivity index (χ0n) is 12.5. The van der Waals surface area contributed by atoms with E-state index in [4.69, 9.17) is 16.4 Å². The summed E-state index contributed by atoms with van der Waals surface area (Å²) in [5.41, 5.74) is 3.42. The number of halogens is 2. The smallest absolute Gasteiger partial charge is 0.143 e. The molecule has 0 heterocycles. The van der Waals surface area contributed by atoms with Crippen LogP contribution in [0, 0.1) is 23.1 Å². The van der Waals surface area contributed by atoms with E-state index in [2.05, 4.69) is 32.0 Å². The molecule has 21 heavy (non-hydrogen) atoms. The normalized spacial score (nSPS) is 28.0. The van der Waals surface area contributed by atoms with Gasteiger partial charge in [-0.05, 0) is 42.9 Å². The molecule has 1 saturated carbocycles. The van der Waals surface area contributed by atoms with Gasteiger partial charge in [-0.1, -0.05) is 42.2 Å². The van der Waals surface area contributed by atoms with E-state index >= 15 is 0 Å². The van der Waals surface area contributed by atoms with Crippen molar-refractivity contribution >= 4 is 17.3 Å². The lowest BCUT2D eigenvalue weighted by Crippen LogP contribution is -2.08. The zero-order valence-corrected chi connectivity index (χ0v) is 13.2. The Hall–Kier alpha value is -1.35. The second-order valence-electron chi connectivity index (χ2n) is 6.63. The first-order valence-corrected chi connectivity index (χ1v) is 7.58. The van der Waals surface area contributed by atoms with Crippen LogP contribution in [0.2, 0.25) is 5.02 Å². The molecule has 0 bridgehead atoms. The molecule has 0 aliphatic heterocycles. The van der Waals surface area contributed by atoms with Gasteiger partial charge in [0, 0.05) is 11.5 Å². The minimum absolute atomic E-state index is 0.257. The maximum atomic E-state index is 13.0. The molecule has 1 fully saturated rings. The average Bonchev–Trinajstić information content (AvgIpc) is 2.94. The molecule has 112 valence electrons. The molecular formula is C17H19ClFNO. The summed E-state index contributed by atoms with van der Waals surface area (Å²) in [4.78, 5) is 5.46. The van der Waals surface area contributed by atoms with Gasteiger partial charge in [0.1, 0.15) is 12.4 Å². The summed E-state index contributed by atoms with van der Waals surface area (Å²) in [7, 11) is 0. The lowest BCUT2D eigenvalue weighted by Gasteiger charge is -2.10. The van der Waals surface area contributed by atoms with Gasteiger partial charge in [-0.2, -0.15) is 0 Å². The van der Waals surface area contributed by atoms with Crippen molar-refractivity contribution in [1.29, 1.82) is 0 Å². The van der Waals surface area contributed by atoms with Crippen molar-refractivity contribution in [3.63, 3.8) is 0 Å². The van der Waals surface area contributed by atoms with Gasteiger partial charge in [-0.3, -0.25) is 0 Å². The van der Waals surface area contributed by atoms with Crippen LogP contribution < -0.4 is 0 Å². The van der Waals surface area contributed by atoms with Gasteiger partial charge >= 0.3 is 0 Å². The number of rotatable bonds is 3. The number of oxime groups is 1. The number of hydrogen-bond acceptors (Lipinski definition) is 2. The molecule has 2 aliphatic rings. The topological polar surface area (TPSA) is 21.6 Å². The maximum Gasteiger partial charge on any atom is 0.143 e. The minimum atomic E-state index is -0.344. The van der Waals surface area contributed by atoms with Crippen LogP contribution in [0.25, 0.3) is 0 Å². The van der Waals surface area contributed by atoms with Gasteiger partial charge < -0.3 is 4.84 Å². The standard InChI is InChI=1S/C17H19ClFNO/c1-10-6-13-16(17(13,2)3)15(7-10)20-21-9-11-4-5-12(19)8-14(11)18/h4-5,7-8,13,16H,6,9H2,1-3H3/b20-15-. The van der Waals surface area contributed by atoms with Crippen LogP contribution in [0.4, 0.5) is 4.39 Å². The monoisotopic (exact) mass is 307 g/mol. The van der Waals surface area contributed by atoms with E-state index in [0.29, 0.717) is 22.3 Å².